The molecular formula is C17H22N4O. The lowest BCUT2D eigenvalue weighted by Gasteiger charge is -2.23. The van der Waals surface area contributed by atoms with Gasteiger partial charge in [-0.3, -0.25) is 9.69 Å². The lowest BCUT2D eigenvalue weighted by atomic mass is 10.1. The molecule has 0 bridgehead atoms. The summed E-state index contributed by atoms with van der Waals surface area (Å²) in [6, 6.07) is 10.3. The fourth-order valence-electron chi connectivity index (χ4n) is 2.98. The minimum atomic E-state index is -0.0273. The molecule has 3 rings (SSSR count). The van der Waals surface area contributed by atoms with Gasteiger partial charge >= 0.3 is 0 Å². The molecule has 1 N–H and O–H groups in total. The lowest BCUT2D eigenvalue weighted by molar-refractivity contribution is -0.125. The molecule has 1 fully saturated rings. The average molecular weight is 298 g/mol. The van der Waals surface area contributed by atoms with Crippen LogP contribution >= 0.6 is 0 Å². The van der Waals surface area contributed by atoms with E-state index in [1.165, 1.54) is 5.56 Å². The zero-order valence-corrected chi connectivity index (χ0v) is 12.9. The number of aromatic nitrogens is 2. The van der Waals surface area contributed by atoms with Gasteiger partial charge in [0.15, 0.2) is 0 Å². The number of aryl methyl sites for hydroxylation is 1. The second-order valence-corrected chi connectivity index (χ2v) is 5.79. The Morgan fingerprint density at radius 1 is 1.36 bits per heavy atom. The Balaban J connectivity index is 1.58. The van der Waals surface area contributed by atoms with E-state index in [9.17, 15) is 4.79 Å². The van der Waals surface area contributed by atoms with Crippen molar-refractivity contribution in [2.45, 2.75) is 32.0 Å². The minimum absolute atomic E-state index is 0.0273. The first-order valence-corrected chi connectivity index (χ1v) is 7.76. The van der Waals surface area contributed by atoms with E-state index in [1.807, 2.05) is 36.0 Å². The number of likely N-dealkylation sites (tertiary alicyclic amines) is 1. The number of carbonyl (C=O) groups excluding carboxylic acids is 1. The van der Waals surface area contributed by atoms with Crippen LogP contribution in [0.15, 0.2) is 42.7 Å². The van der Waals surface area contributed by atoms with Gasteiger partial charge in [0.05, 0.1) is 12.6 Å². The van der Waals surface area contributed by atoms with Gasteiger partial charge in [0.1, 0.15) is 5.82 Å². The van der Waals surface area contributed by atoms with E-state index < -0.39 is 0 Å². The summed E-state index contributed by atoms with van der Waals surface area (Å²) in [5, 5.41) is 3.02. The molecule has 1 aliphatic rings. The Morgan fingerprint density at radius 2 is 2.18 bits per heavy atom. The van der Waals surface area contributed by atoms with Gasteiger partial charge in [0, 0.05) is 26.0 Å². The summed E-state index contributed by atoms with van der Waals surface area (Å²) in [6.07, 6.45) is 5.64. The highest BCUT2D eigenvalue weighted by Gasteiger charge is 2.30. The Bertz CT molecular complexity index is 623. The molecule has 2 heterocycles. The molecule has 1 aromatic heterocycles. The zero-order chi connectivity index (χ0) is 15.4. The topological polar surface area (TPSA) is 50.2 Å². The Kier molecular flexibility index (Phi) is 4.53. The van der Waals surface area contributed by atoms with E-state index >= 15 is 0 Å². The average Bonchev–Trinajstić information content (AvgIpc) is 3.15. The summed E-state index contributed by atoms with van der Waals surface area (Å²) in [7, 11) is 1.94. The van der Waals surface area contributed by atoms with E-state index in [-0.39, 0.29) is 11.9 Å². The van der Waals surface area contributed by atoms with Crippen LogP contribution in [0.1, 0.15) is 24.2 Å². The molecule has 22 heavy (non-hydrogen) atoms. The second-order valence-electron chi connectivity index (χ2n) is 5.79. The maximum atomic E-state index is 12.5. The van der Waals surface area contributed by atoms with Crippen LogP contribution in [0.5, 0.6) is 0 Å². The molecule has 116 valence electrons. The van der Waals surface area contributed by atoms with Gasteiger partial charge in [-0.25, -0.2) is 4.98 Å². The molecule has 1 unspecified atom stereocenters. The Morgan fingerprint density at radius 3 is 2.91 bits per heavy atom. The van der Waals surface area contributed by atoms with Crippen molar-refractivity contribution in [1.82, 2.24) is 19.8 Å². The molecule has 0 saturated carbocycles. The maximum Gasteiger partial charge on any atom is 0.237 e. The fraction of sp³-hybridized carbons (Fsp3) is 0.412. The number of nitrogens with zero attached hydrogens (tertiary/aromatic N) is 3. The SMILES string of the molecule is Cn1ccnc1CNC(=O)C1CCCN1Cc1ccccc1. The van der Waals surface area contributed by atoms with Gasteiger partial charge < -0.3 is 9.88 Å². The van der Waals surface area contributed by atoms with E-state index in [0.717, 1.165) is 31.8 Å². The third kappa shape index (κ3) is 3.36. The van der Waals surface area contributed by atoms with E-state index in [2.05, 4.69) is 27.3 Å². The number of benzene rings is 1. The zero-order valence-electron chi connectivity index (χ0n) is 12.9. The van der Waals surface area contributed by atoms with Crippen molar-refractivity contribution in [3.8, 4) is 0 Å². The van der Waals surface area contributed by atoms with Crippen LogP contribution in [0.25, 0.3) is 0 Å². The van der Waals surface area contributed by atoms with Crippen molar-refractivity contribution in [3.63, 3.8) is 0 Å². The normalized spacial score (nSPS) is 18.5. The van der Waals surface area contributed by atoms with Crippen LogP contribution in [0.4, 0.5) is 0 Å². The molecule has 1 saturated heterocycles. The molecule has 5 heteroatoms. The molecule has 0 radical (unpaired) electrons. The van der Waals surface area contributed by atoms with Crippen molar-refractivity contribution < 1.29 is 4.79 Å². The van der Waals surface area contributed by atoms with Gasteiger partial charge in [0.25, 0.3) is 0 Å². The monoisotopic (exact) mass is 298 g/mol. The largest absolute Gasteiger partial charge is 0.348 e. The van der Waals surface area contributed by atoms with E-state index in [0.29, 0.717) is 6.54 Å². The molecule has 0 spiro atoms. The Labute approximate surface area is 131 Å². The van der Waals surface area contributed by atoms with Crippen LogP contribution in [0.3, 0.4) is 0 Å². The molecule has 0 aliphatic carbocycles. The molecule has 1 aliphatic heterocycles. The highest BCUT2D eigenvalue weighted by atomic mass is 16.2. The molecule has 1 atom stereocenters. The van der Waals surface area contributed by atoms with Gasteiger partial charge in [-0.15, -0.1) is 0 Å². The predicted molar refractivity (Wildman–Crippen MR) is 84.9 cm³/mol. The van der Waals surface area contributed by atoms with Crippen molar-refractivity contribution in [1.29, 1.82) is 0 Å². The number of carbonyl (C=O) groups is 1. The first-order chi connectivity index (χ1) is 10.7. The first kappa shape index (κ1) is 14.8. The third-order valence-corrected chi connectivity index (χ3v) is 4.24. The number of nitrogens with one attached hydrogen (secondary N) is 1. The second kappa shape index (κ2) is 6.75. The minimum Gasteiger partial charge on any atom is -0.348 e. The number of amides is 1. The number of rotatable bonds is 5. The standard InChI is InChI=1S/C17H22N4O/c1-20-11-9-18-16(20)12-19-17(22)15-8-5-10-21(15)13-14-6-3-2-4-7-14/h2-4,6-7,9,11,15H,5,8,10,12-13H2,1H3,(H,19,22). The summed E-state index contributed by atoms with van der Waals surface area (Å²) in [4.78, 5) is 19.0. The smallest absolute Gasteiger partial charge is 0.237 e. The first-order valence-electron chi connectivity index (χ1n) is 7.76. The van der Waals surface area contributed by atoms with Crippen LogP contribution in [-0.4, -0.2) is 32.9 Å². The maximum absolute atomic E-state index is 12.5. The van der Waals surface area contributed by atoms with Crippen LogP contribution in [-0.2, 0) is 24.9 Å². The van der Waals surface area contributed by atoms with Gasteiger partial charge in [-0.2, -0.15) is 0 Å². The highest BCUT2D eigenvalue weighted by Crippen LogP contribution is 2.20. The highest BCUT2D eigenvalue weighted by molar-refractivity contribution is 5.81. The molecule has 2 aromatic rings. The van der Waals surface area contributed by atoms with Crippen molar-refractivity contribution in [2.24, 2.45) is 7.05 Å². The number of hydrogen-bond donors (Lipinski definition) is 1. The van der Waals surface area contributed by atoms with Crippen molar-refractivity contribution >= 4 is 5.91 Å². The van der Waals surface area contributed by atoms with Crippen LogP contribution in [0.2, 0.25) is 0 Å². The molecule has 1 amide bonds. The third-order valence-electron chi connectivity index (χ3n) is 4.24. The van der Waals surface area contributed by atoms with Crippen molar-refractivity contribution in [2.75, 3.05) is 6.54 Å². The van der Waals surface area contributed by atoms with Gasteiger partial charge in [-0.05, 0) is 24.9 Å². The van der Waals surface area contributed by atoms with Crippen LogP contribution < -0.4 is 5.32 Å². The van der Waals surface area contributed by atoms with E-state index in [4.69, 9.17) is 0 Å². The number of hydrogen-bond acceptors (Lipinski definition) is 3. The summed E-state index contributed by atoms with van der Waals surface area (Å²) < 4.78 is 1.93. The number of imidazole rings is 1. The summed E-state index contributed by atoms with van der Waals surface area (Å²) in [5.74, 6) is 0.984. The predicted octanol–water partition coefficient (Wildman–Crippen LogP) is 1.70. The quantitative estimate of drug-likeness (QED) is 0.914. The summed E-state index contributed by atoms with van der Waals surface area (Å²) in [5.41, 5.74) is 1.26. The fourth-order valence-corrected chi connectivity index (χ4v) is 2.98. The summed E-state index contributed by atoms with van der Waals surface area (Å²) >= 11 is 0. The summed E-state index contributed by atoms with van der Waals surface area (Å²) in [6.45, 7) is 2.30. The molecule has 1 aromatic carbocycles. The van der Waals surface area contributed by atoms with Gasteiger partial charge in [0.2, 0.25) is 5.91 Å². The van der Waals surface area contributed by atoms with E-state index in [1.54, 1.807) is 6.20 Å². The lowest BCUT2D eigenvalue weighted by Crippen LogP contribution is -2.42. The van der Waals surface area contributed by atoms with Crippen LogP contribution in [0, 0.1) is 0 Å². The van der Waals surface area contributed by atoms with Gasteiger partial charge in [-0.1, -0.05) is 30.3 Å². The Hall–Kier alpha value is -2.14. The van der Waals surface area contributed by atoms with Crippen molar-refractivity contribution in [3.05, 3.63) is 54.1 Å². The molecular weight excluding hydrogens is 276 g/mol. The molecule has 5 nitrogen and oxygen atoms in total.